The number of hydrogen-bond donors (Lipinski definition) is 0. The number of thioether (sulfide) groups is 1. The van der Waals surface area contributed by atoms with Gasteiger partial charge in [-0.15, -0.1) is 11.8 Å². The Balaban J connectivity index is 2.05. The first-order chi connectivity index (χ1) is 10.5. The van der Waals surface area contributed by atoms with Gasteiger partial charge in [-0.3, -0.25) is 0 Å². The normalized spacial score (nSPS) is 17.1. The maximum atomic E-state index is 6.04. The predicted octanol–water partition coefficient (Wildman–Crippen LogP) is 6.79. The number of hydrogen-bond acceptors (Lipinski definition) is 1. The van der Waals surface area contributed by atoms with Crippen LogP contribution in [0.15, 0.2) is 53.4 Å². The van der Waals surface area contributed by atoms with Crippen LogP contribution in [-0.2, 0) is 0 Å². The van der Waals surface area contributed by atoms with E-state index in [-0.39, 0.29) is 0 Å². The van der Waals surface area contributed by atoms with Crippen LogP contribution in [0.25, 0.3) is 11.1 Å². The van der Waals surface area contributed by atoms with Gasteiger partial charge in [0.1, 0.15) is 0 Å². The highest BCUT2D eigenvalue weighted by Gasteiger charge is 2.31. The summed E-state index contributed by atoms with van der Waals surface area (Å²) < 4.78 is 0. The van der Waals surface area contributed by atoms with Crippen LogP contribution in [0.1, 0.15) is 37.8 Å². The molecule has 0 saturated heterocycles. The second-order valence-corrected chi connectivity index (χ2v) is 8.03. The minimum atomic E-state index is 0.322. The molecule has 22 heavy (non-hydrogen) atoms. The molecule has 0 radical (unpaired) electrons. The maximum absolute atomic E-state index is 6.04. The van der Waals surface area contributed by atoms with E-state index in [1.165, 1.54) is 27.2 Å². The Hall–Kier alpha value is -1.18. The van der Waals surface area contributed by atoms with Gasteiger partial charge >= 0.3 is 0 Å². The Morgan fingerprint density at radius 2 is 1.27 bits per heavy atom. The molecule has 0 amide bonds. The molecule has 2 heteroatoms. The molecule has 2 aromatic carbocycles. The highest BCUT2D eigenvalue weighted by Crippen LogP contribution is 2.49. The number of halogens is 1. The van der Waals surface area contributed by atoms with Crippen LogP contribution in [0, 0.1) is 5.41 Å². The van der Waals surface area contributed by atoms with Gasteiger partial charge in [0.25, 0.3) is 0 Å². The molecule has 0 heterocycles. The average molecular weight is 329 g/mol. The van der Waals surface area contributed by atoms with Gasteiger partial charge < -0.3 is 0 Å². The van der Waals surface area contributed by atoms with Crippen molar-refractivity contribution < 1.29 is 0 Å². The third-order valence-electron chi connectivity index (χ3n) is 4.31. The molecule has 0 atom stereocenters. The molecule has 0 aromatic heterocycles. The summed E-state index contributed by atoms with van der Waals surface area (Å²) in [5, 5.41) is 0.799. The Bertz CT molecular complexity index is 693. The fourth-order valence-electron chi connectivity index (χ4n) is 3.23. The van der Waals surface area contributed by atoms with Gasteiger partial charge in [0.05, 0.1) is 0 Å². The van der Waals surface area contributed by atoms with Crippen molar-refractivity contribution in [1.82, 2.24) is 0 Å². The first-order valence-electron chi connectivity index (χ1n) is 7.61. The van der Waals surface area contributed by atoms with Crippen LogP contribution >= 0.6 is 23.4 Å². The molecule has 3 rings (SSSR count). The topological polar surface area (TPSA) is 0 Å². The maximum Gasteiger partial charge on any atom is 0.0406 e. The third kappa shape index (κ3) is 3.26. The summed E-state index contributed by atoms with van der Waals surface area (Å²) >= 11 is 7.83. The standard InChI is InChI=1S/C20H21ClS/c1-20(2)12-18(14-4-8-16(21)9-5-14)19(13-20)15-6-10-17(22-3)11-7-15/h4-11H,12-13H2,1-3H3. The van der Waals surface area contributed by atoms with Gasteiger partial charge in [0, 0.05) is 9.92 Å². The van der Waals surface area contributed by atoms with Crippen molar-refractivity contribution >= 4 is 34.5 Å². The Kier molecular flexibility index (Phi) is 4.38. The lowest BCUT2D eigenvalue weighted by Crippen LogP contribution is -2.05. The fraction of sp³-hybridized carbons (Fsp3) is 0.300. The zero-order valence-corrected chi connectivity index (χ0v) is 14.9. The van der Waals surface area contributed by atoms with Gasteiger partial charge in [0.15, 0.2) is 0 Å². The van der Waals surface area contributed by atoms with E-state index in [1.807, 2.05) is 12.1 Å². The van der Waals surface area contributed by atoms with Gasteiger partial charge in [-0.05, 0) is 71.1 Å². The summed E-state index contributed by atoms with van der Waals surface area (Å²) in [6.07, 6.45) is 4.36. The van der Waals surface area contributed by atoms with Gasteiger partial charge in [-0.25, -0.2) is 0 Å². The van der Waals surface area contributed by atoms with Gasteiger partial charge in [-0.1, -0.05) is 49.7 Å². The van der Waals surface area contributed by atoms with E-state index in [4.69, 9.17) is 11.6 Å². The van der Waals surface area contributed by atoms with E-state index < -0.39 is 0 Å². The lowest BCUT2D eigenvalue weighted by atomic mass is 9.87. The smallest absolute Gasteiger partial charge is 0.0406 e. The molecule has 0 N–H and O–H groups in total. The molecule has 0 nitrogen and oxygen atoms in total. The van der Waals surface area contributed by atoms with E-state index in [1.54, 1.807) is 11.8 Å². The number of rotatable bonds is 3. The monoisotopic (exact) mass is 328 g/mol. The first-order valence-corrected chi connectivity index (χ1v) is 9.21. The van der Waals surface area contributed by atoms with Gasteiger partial charge in [-0.2, -0.15) is 0 Å². The minimum absolute atomic E-state index is 0.322. The molecule has 2 aromatic rings. The quantitative estimate of drug-likeness (QED) is 0.559. The SMILES string of the molecule is CSc1ccc(C2=C(c3ccc(Cl)cc3)CC(C)(C)C2)cc1. The number of allylic oxidation sites excluding steroid dienone is 2. The van der Waals surface area contributed by atoms with Crippen molar-refractivity contribution in [3.63, 3.8) is 0 Å². The molecule has 1 aliphatic carbocycles. The summed E-state index contributed by atoms with van der Waals surface area (Å²) in [6.45, 7) is 4.71. The van der Waals surface area contributed by atoms with Crippen LogP contribution in [0.5, 0.6) is 0 Å². The third-order valence-corrected chi connectivity index (χ3v) is 5.30. The summed E-state index contributed by atoms with van der Waals surface area (Å²) in [6, 6.07) is 17.2. The highest BCUT2D eigenvalue weighted by atomic mass is 35.5. The number of benzene rings is 2. The zero-order valence-electron chi connectivity index (χ0n) is 13.3. The van der Waals surface area contributed by atoms with Gasteiger partial charge in [0.2, 0.25) is 0 Å². The van der Waals surface area contributed by atoms with E-state index in [9.17, 15) is 0 Å². The first kappa shape index (κ1) is 15.7. The van der Waals surface area contributed by atoms with Crippen LogP contribution in [0.4, 0.5) is 0 Å². The molecule has 0 unspecified atom stereocenters. The molecule has 0 spiro atoms. The van der Waals surface area contributed by atoms with Crippen LogP contribution < -0.4 is 0 Å². The van der Waals surface area contributed by atoms with Crippen LogP contribution in [0.2, 0.25) is 5.02 Å². The molecular formula is C20H21ClS. The Labute approximate surface area is 142 Å². The van der Waals surface area contributed by atoms with E-state index >= 15 is 0 Å². The summed E-state index contributed by atoms with van der Waals surface area (Å²) in [5.74, 6) is 0. The van der Waals surface area contributed by atoms with E-state index in [0.29, 0.717) is 5.41 Å². The lowest BCUT2D eigenvalue weighted by molar-refractivity contribution is 0.406. The Morgan fingerprint density at radius 3 is 1.73 bits per heavy atom. The molecule has 0 fully saturated rings. The summed E-state index contributed by atoms with van der Waals surface area (Å²) in [5.41, 5.74) is 5.94. The van der Waals surface area contributed by atoms with Crippen molar-refractivity contribution in [2.45, 2.75) is 31.6 Å². The highest BCUT2D eigenvalue weighted by molar-refractivity contribution is 7.98. The van der Waals surface area contributed by atoms with Crippen molar-refractivity contribution in [2.75, 3.05) is 6.26 Å². The molecular weight excluding hydrogens is 308 g/mol. The second-order valence-electron chi connectivity index (χ2n) is 6.71. The molecule has 0 saturated carbocycles. The minimum Gasteiger partial charge on any atom is -0.130 e. The molecule has 0 bridgehead atoms. The molecule has 1 aliphatic rings. The van der Waals surface area contributed by atoms with Crippen LogP contribution in [0.3, 0.4) is 0 Å². The van der Waals surface area contributed by atoms with Crippen molar-refractivity contribution in [3.8, 4) is 0 Å². The summed E-state index contributed by atoms with van der Waals surface area (Å²) in [7, 11) is 0. The van der Waals surface area contributed by atoms with Crippen molar-refractivity contribution in [1.29, 1.82) is 0 Å². The van der Waals surface area contributed by atoms with Crippen LogP contribution in [-0.4, -0.2) is 6.26 Å². The molecule has 114 valence electrons. The second kappa shape index (κ2) is 6.14. The molecule has 0 aliphatic heterocycles. The largest absolute Gasteiger partial charge is 0.130 e. The Morgan fingerprint density at radius 1 is 0.818 bits per heavy atom. The lowest BCUT2D eigenvalue weighted by Gasteiger charge is -2.17. The zero-order chi connectivity index (χ0) is 15.7. The predicted molar refractivity (Wildman–Crippen MR) is 99.5 cm³/mol. The van der Waals surface area contributed by atoms with Crippen molar-refractivity contribution in [2.24, 2.45) is 5.41 Å². The van der Waals surface area contributed by atoms with E-state index in [0.717, 1.165) is 17.9 Å². The average Bonchev–Trinajstić information content (AvgIpc) is 2.84. The summed E-state index contributed by atoms with van der Waals surface area (Å²) in [4.78, 5) is 1.31. The van der Waals surface area contributed by atoms with E-state index in [2.05, 4.69) is 56.5 Å². The van der Waals surface area contributed by atoms with Crippen molar-refractivity contribution in [3.05, 3.63) is 64.7 Å². The fourth-order valence-corrected chi connectivity index (χ4v) is 3.76.